The van der Waals surface area contributed by atoms with Crippen molar-refractivity contribution in [3.05, 3.63) is 65.5 Å². The molecule has 0 saturated heterocycles. The van der Waals surface area contributed by atoms with Crippen LogP contribution in [-0.2, 0) is 26.2 Å². The number of aryl methyl sites for hydroxylation is 1. The Morgan fingerprint density at radius 1 is 1.00 bits per heavy atom. The summed E-state index contributed by atoms with van der Waals surface area (Å²) in [6.45, 7) is 6.80. The molecule has 0 unspecified atom stereocenters. The summed E-state index contributed by atoms with van der Waals surface area (Å²) in [6.07, 6.45) is 3.67. The van der Waals surface area contributed by atoms with E-state index in [-0.39, 0.29) is 37.7 Å². The minimum Gasteiger partial charge on any atom is -0.354 e. The predicted octanol–water partition coefficient (Wildman–Crippen LogP) is 4.40. The minimum atomic E-state index is -3.63. The molecule has 1 atom stereocenters. The van der Waals surface area contributed by atoms with E-state index in [0.29, 0.717) is 18.7 Å². The number of unbranched alkanes of at least 4 members (excludes halogenated alkanes) is 1. The van der Waals surface area contributed by atoms with Crippen LogP contribution in [0.25, 0.3) is 0 Å². The monoisotopic (exact) mass is 519 g/mol. The van der Waals surface area contributed by atoms with Gasteiger partial charge in [-0.15, -0.1) is 0 Å². The first kappa shape index (κ1) is 29.3. The van der Waals surface area contributed by atoms with Gasteiger partial charge in [-0.25, -0.2) is 12.8 Å². The van der Waals surface area contributed by atoms with Gasteiger partial charge in [0, 0.05) is 26.1 Å². The third kappa shape index (κ3) is 8.93. The van der Waals surface area contributed by atoms with Gasteiger partial charge in [-0.05, 0) is 56.0 Å². The molecule has 1 N–H and O–H groups in total. The average Bonchev–Trinajstić information content (AvgIpc) is 2.83. The number of nitrogens with one attached hydrogen (secondary N) is 1. The van der Waals surface area contributed by atoms with E-state index >= 15 is 0 Å². The van der Waals surface area contributed by atoms with Crippen LogP contribution < -0.4 is 9.62 Å². The van der Waals surface area contributed by atoms with E-state index in [1.165, 1.54) is 28.6 Å². The molecule has 0 bridgehead atoms. The maximum atomic E-state index is 13.4. The van der Waals surface area contributed by atoms with E-state index in [0.717, 1.165) is 30.2 Å². The highest BCUT2D eigenvalue weighted by molar-refractivity contribution is 7.92. The number of rotatable bonds is 14. The number of hydrogen-bond acceptors (Lipinski definition) is 4. The number of carbonyl (C=O) groups is 2. The zero-order chi connectivity index (χ0) is 26.7. The molecule has 0 aromatic heterocycles. The van der Waals surface area contributed by atoms with Crippen LogP contribution in [0.3, 0.4) is 0 Å². The Kier molecular flexibility index (Phi) is 11.4. The maximum Gasteiger partial charge on any atom is 0.242 e. The first-order valence-corrected chi connectivity index (χ1v) is 14.3. The van der Waals surface area contributed by atoms with E-state index in [1.54, 1.807) is 4.90 Å². The molecular formula is C27H38FN3O4S. The summed E-state index contributed by atoms with van der Waals surface area (Å²) in [4.78, 5) is 27.9. The highest BCUT2D eigenvalue weighted by atomic mass is 32.2. The number of sulfonamides is 1. The fraction of sp³-hybridized carbons (Fsp3) is 0.481. The highest BCUT2D eigenvalue weighted by Gasteiger charge is 2.28. The fourth-order valence-electron chi connectivity index (χ4n) is 3.93. The Morgan fingerprint density at radius 2 is 1.64 bits per heavy atom. The van der Waals surface area contributed by atoms with Crippen LogP contribution in [0.4, 0.5) is 10.1 Å². The highest BCUT2D eigenvalue weighted by Crippen LogP contribution is 2.20. The number of benzene rings is 2. The van der Waals surface area contributed by atoms with Crippen molar-refractivity contribution in [1.82, 2.24) is 10.2 Å². The third-order valence-electron chi connectivity index (χ3n) is 5.96. The molecule has 36 heavy (non-hydrogen) atoms. The Morgan fingerprint density at radius 3 is 2.19 bits per heavy atom. The Hall–Kier alpha value is -2.94. The van der Waals surface area contributed by atoms with Crippen LogP contribution in [0.5, 0.6) is 0 Å². The van der Waals surface area contributed by atoms with Crippen molar-refractivity contribution < 1.29 is 22.4 Å². The second-order valence-electron chi connectivity index (χ2n) is 8.99. The normalized spacial score (nSPS) is 12.1. The number of carbonyl (C=O) groups excluding carboxylic acids is 2. The SMILES string of the molecule is CCCCNC(=O)[C@H](CC)N(Cc1ccc(C)cc1)C(=O)CCCN(c1ccc(F)cc1)S(C)(=O)=O. The zero-order valence-electron chi connectivity index (χ0n) is 21.7. The Balaban J connectivity index is 2.18. The number of halogens is 1. The molecule has 0 spiro atoms. The van der Waals surface area contributed by atoms with Crippen LogP contribution in [0, 0.1) is 12.7 Å². The van der Waals surface area contributed by atoms with Crippen LogP contribution in [0.1, 0.15) is 57.1 Å². The summed E-state index contributed by atoms with van der Waals surface area (Å²) < 4.78 is 39.2. The molecule has 0 heterocycles. The summed E-state index contributed by atoms with van der Waals surface area (Å²) in [5.74, 6) is -0.868. The molecule has 0 fully saturated rings. The number of anilines is 1. The largest absolute Gasteiger partial charge is 0.354 e. The number of nitrogens with zero attached hydrogens (tertiary/aromatic N) is 2. The van der Waals surface area contributed by atoms with Gasteiger partial charge in [0.2, 0.25) is 21.8 Å². The lowest BCUT2D eigenvalue weighted by Crippen LogP contribution is -2.49. The minimum absolute atomic E-state index is 0.0636. The van der Waals surface area contributed by atoms with Crippen LogP contribution in [0.15, 0.2) is 48.5 Å². The standard InChI is InChI=1S/C27H38FN3O4S/c1-5-7-18-29-27(33)25(6-2)30(20-22-12-10-21(3)11-13-22)26(32)9-8-19-31(36(4,34)35)24-16-14-23(28)15-17-24/h10-17,25H,5-9,18-20H2,1-4H3,(H,29,33)/t25-/m0/s1. The quantitative estimate of drug-likeness (QED) is 0.375. The molecule has 2 rings (SSSR count). The maximum absolute atomic E-state index is 13.4. The van der Waals surface area contributed by atoms with Gasteiger partial charge in [0.15, 0.2) is 0 Å². The van der Waals surface area contributed by atoms with Crippen LogP contribution in [-0.4, -0.2) is 50.5 Å². The molecule has 198 valence electrons. The summed E-state index contributed by atoms with van der Waals surface area (Å²) in [7, 11) is -3.63. The summed E-state index contributed by atoms with van der Waals surface area (Å²) in [5.41, 5.74) is 2.35. The topological polar surface area (TPSA) is 86.8 Å². The molecule has 7 nitrogen and oxygen atoms in total. The molecule has 0 aliphatic rings. The van der Waals surface area contributed by atoms with Crippen molar-refractivity contribution in [3.63, 3.8) is 0 Å². The number of hydrogen-bond donors (Lipinski definition) is 1. The molecule has 9 heteroatoms. The summed E-state index contributed by atoms with van der Waals surface area (Å²) in [5, 5.41) is 2.93. The second-order valence-corrected chi connectivity index (χ2v) is 10.9. The van der Waals surface area contributed by atoms with Gasteiger partial charge in [0.05, 0.1) is 11.9 Å². The molecule has 2 aromatic rings. The van der Waals surface area contributed by atoms with Gasteiger partial charge in [-0.1, -0.05) is 50.1 Å². The van der Waals surface area contributed by atoms with Crippen molar-refractivity contribution in [2.45, 2.75) is 65.5 Å². The van der Waals surface area contributed by atoms with Gasteiger partial charge in [0.1, 0.15) is 11.9 Å². The van der Waals surface area contributed by atoms with Crippen molar-refractivity contribution in [3.8, 4) is 0 Å². The van der Waals surface area contributed by atoms with Crippen LogP contribution in [0.2, 0.25) is 0 Å². The lowest BCUT2D eigenvalue weighted by Gasteiger charge is -2.31. The molecule has 0 radical (unpaired) electrons. The molecule has 0 aliphatic carbocycles. The van der Waals surface area contributed by atoms with E-state index in [9.17, 15) is 22.4 Å². The number of amides is 2. The second kappa shape index (κ2) is 14.0. The molecule has 2 amide bonds. The molecule has 2 aromatic carbocycles. The van der Waals surface area contributed by atoms with Gasteiger partial charge >= 0.3 is 0 Å². The lowest BCUT2D eigenvalue weighted by molar-refractivity contribution is -0.141. The van der Waals surface area contributed by atoms with Crippen LogP contribution >= 0.6 is 0 Å². The van der Waals surface area contributed by atoms with Gasteiger partial charge in [-0.3, -0.25) is 13.9 Å². The average molecular weight is 520 g/mol. The predicted molar refractivity (Wildman–Crippen MR) is 142 cm³/mol. The fourth-order valence-corrected chi connectivity index (χ4v) is 4.89. The van der Waals surface area contributed by atoms with E-state index in [2.05, 4.69) is 5.32 Å². The summed E-state index contributed by atoms with van der Waals surface area (Å²) in [6, 6.07) is 12.4. The van der Waals surface area contributed by atoms with Gasteiger partial charge in [-0.2, -0.15) is 0 Å². The van der Waals surface area contributed by atoms with E-state index < -0.39 is 21.9 Å². The van der Waals surface area contributed by atoms with E-state index in [1.807, 2.05) is 45.0 Å². The zero-order valence-corrected chi connectivity index (χ0v) is 22.5. The lowest BCUT2D eigenvalue weighted by atomic mass is 10.1. The Labute approximate surface area is 214 Å². The van der Waals surface area contributed by atoms with Crippen molar-refractivity contribution in [2.24, 2.45) is 0 Å². The summed E-state index contributed by atoms with van der Waals surface area (Å²) >= 11 is 0. The molecule has 0 saturated carbocycles. The Bertz CT molecular complexity index is 1090. The molecule has 0 aliphatic heterocycles. The van der Waals surface area contributed by atoms with Crippen molar-refractivity contribution in [2.75, 3.05) is 23.7 Å². The smallest absolute Gasteiger partial charge is 0.242 e. The van der Waals surface area contributed by atoms with Crippen molar-refractivity contribution >= 4 is 27.5 Å². The van der Waals surface area contributed by atoms with E-state index in [4.69, 9.17) is 0 Å². The van der Waals surface area contributed by atoms with Gasteiger partial charge < -0.3 is 10.2 Å². The first-order valence-electron chi connectivity index (χ1n) is 12.4. The van der Waals surface area contributed by atoms with Gasteiger partial charge in [0.25, 0.3) is 0 Å². The first-order chi connectivity index (χ1) is 17.1. The third-order valence-corrected chi connectivity index (χ3v) is 7.15. The van der Waals surface area contributed by atoms with Crippen molar-refractivity contribution in [1.29, 1.82) is 0 Å². The molecular weight excluding hydrogens is 481 g/mol.